The largest absolute Gasteiger partial charge is 0.395 e. The van der Waals surface area contributed by atoms with Crippen molar-refractivity contribution in [2.24, 2.45) is 11.1 Å². The molecule has 2 rings (SSSR count). The van der Waals surface area contributed by atoms with Gasteiger partial charge < -0.3 is 9.57 Å². The molecule has 56 valence electrons. The Morgan fingerprint density at radius 1 is 1.70 bits per heavy atom. The van der Waals surface area contributed by atoms with Crippen molar-refractivity contribution in [3.05, 3.63) is 0 Å². The van der Waals surface area contributed by atoms with Gasteiger partial charge in [0.1, 0.15) is 6.61 Å². The van der Waals surface area contributed by atoms with Crippen LogP contribution in [0.3, 0.4) is 0 Å². The lowest BCUT2D eigenvalue weighted by molar-refractivity contribution is 0.0494. The van der Waals surface area contributed by atoms with Crippen molar-refractivity contribution in [2.45, 2.75) is 18.9 Å². The summed E-state index contributed by atoms with van der Waals surface area (Å²) in [5.74, 6) is 0.463. The maximum Gasteiger partial charge on any atom is 0.127 e. The molecule has 0 saturated heterocycles. The Morgan fingerprint density at radius 3 is 3.40 bits per heavy atom. The number of nitrogens with zero attached hydrogens (tertiary/aromatic N) is 1. The van der Waals surface area contributed by atoms with Crippen LogP contribution in [0.25, 0.3) is 0 Å². The van der Waals surface area contributed by atoms with Crippen molar-refractivity contribution in [2.75, 3.05) is 13.7 Å². The van der Waals surface area contributed by atoms with Crippen LogP contribution in [0.4, 0.5) is 0 Å². The monoisotopic (exact) mass is 141 g/mol. The third-order valence-corrected chi connectivity index (χ3v) is 2.30. The molecular formula is C7H11NO2. The van der Waals surface area contributed by atoms with Gasteiger partial charge in [0.2, 0.25) is 0 Å². The predicted molar refractivity (Wildman–Crippen MR) is 36.9 cm³/mol. The van der Waals surface area contributed by atoms with Gasteiger partial charge in [-0.25, -0.2) is 0 Å². The SMILES string of the molecule is COC1CCC2=NOCC21. The second-order valence-electron chi connectivity index (χ2n) is 2.80. The summed E-state index contributed by atoms with van der Waals surface area (Å²) in [5.41, 5.74) is 1.20. The van der Waals surface area contributed by atoms with E-state index >= 15 is 0 Å². The Balaban J connectivity index is 2.11. The zero-order chi connectivity index (χ0) is 6.97. The first-order valence-corrected chi connectivity index (χ1v) is 3.63. The first-order valence-electron chi connectivity index (χ1n) is 3.63. The molecule has 10 heavy (non-hydrogen) atoms. The molecule has 1 heterocycles. The molecule has 1 fully saturated rings. The van der Waals surface area contributed by atoms with E-state index < -0.39 is 0 Å². The molecule has 0 aromatic heterocycles. The lowest BCUT2D eigenvalue weighted by Gasteiger charge is -2.11. The fraction of sp³-hybridized carbons (Fsp3) is 0.857. The van der Waals surface area contributed by atoms with Crippen LogP contribution >= 0.6 is 0 Å². The summed E-state index contributed by atoms with van der Waals surface area (Å²) in [5, 5.41) is 3.93. The number of oxime groups is 1. The molecular weight excluding hydrogens is 130 g/mol. The highest BCUT2D eigenvalue weighted by Gasteiger charge is 2.37. The van der Waals surface area contributed by atoms with E-state index in [4.69, 9.17) is 9.57 Å². The second-order valence-corrected chi connectivity index (χ2v) is 2.80. The molecule has 2 aliphatic rings. The van der Waals surface area contributed by atoms with E-state index in [-0.39, 0.29) is 0 Å². The summed E-state index contributed by atoms with van der Waals surface area (Å²) in [6.45, 7) is 0.730. The molecule has 0 radical (unpaired) electrons. The van der Waals surface area contributed by atoms with E-state index in [1.54, 1.807) is 7.11 Å². The van der Waals surface area contributed by atoms with Gasteiger partial charge in [-0.05, 0) is 12.8 Å². The summed E-state index contributed by atoms with van der Waals surface area (Å²) in [7, 11) is 1.76. The molecule has 2 atom stereocenters. The highest BCUT2D eigenvalue weighted by atomic mass is 16.6. The highest BCUT2D eigenvalue weighted by molar-refractivity contribution is 5.89. The molecule has 0 amide bonds. The van der Waals surface area contributed by atoms with Crippen molar-refractivity contribution in [1.82, 2.24) is 0 Å². The maximum absolute atomic E-state index is 5.26. The molecule has 0 aromatic carbocycles. The van der Waals surface area contributed by atoms with Crippen LogP contribution in [-0.4, -0.2) is 25.5 Å². The molecule has 1 saturated carbocycles. The van der Waals surface area contributed by atoms with Crippen LogP contribution in [0.1, 0.15) is 12.8 Å². The van der Waals surface area contributed by atoms with E-state index in [1.165, 1.54) is 5.71 Å². The van der Waals surface area contributed by atoms with E-state index in [0.717, 1.165) is 19.4 Å². The zero-order valence-corrected chi connectivity index (χ0v) is 6.04. The molecule has 2 unspecified atom stereocenters. The van der Waals surface area contributed by atoms with E-state index in [2.05, 4.69) is 5.16 Å². The topological polar surface area (TPSA) is 30.8 Å². The van der Waals surface area contributed by atoms with Crippen molar-refractivity contribution in [1.29, 1.82) is 0 Å². The molecule has 0 aromatic rings. The summed E-state index contributed by atoms with van der Waals surface area (Å²) < 4.78 is 5.26. The number of methoxy groups -OCH3 is 1. The molecule has 0 N–H and O–H groups in total. The summed E-state index contributed by atoms with van der Waals surface area (Å²) in [4.78, 5) is 4.95. The summed E-state index contributed by atoms with van der Waals surface area (Å²) in [6, 6.07) is 0. The maximum atomic E-state index is 5.26. The summed E-state index contributed by atoms with van der Waals surface area (Å²) in [6.07, 6.45) is 2.54. The van der Waals surface area contributed by atoms with Crippen LogP contribution in [0.2, 0.25) is 0 Å². The zero-order valence-electron chi connectivity index (χ0n) is 6.04. The minimum atomic E-state index is 0.362. The van der Waals surface area contributed by atoms with Crippen molar-refractivity contribution in [3.63, 3.8) is 0 Å². The predicted octanol–water partition coefficient (Wildman–Crippen LogP) is 0.798. The van der Waals surface area contributed by atoms with Crippen molar-refractivity contribution < 1.29 is 9.57 Å². The molecule has 1 aliphatic carbocycles. The van der Waals surface area contributed by atoms with Gasteiger partial charge >= 0.3 is 0 Å². The van der Waals surface area contributed by atoms with Gasteiger partial charge in [0, 0.05) is 7.11 Å². The van der Waals surface area contributed by atoms with Gasteiger partial charge in [-0.15, -0.1) is 0 Å². The Labute approximate surface area is 60.0 Å². The Bertz CT molecular complexity index is 167. The quantitative estimate of drug-likeness (QED) is 0.540. The molecule has 1 aliphatic heterocycles. The van der Waals surface area contributed by atoms with Gasteiger partial charge in [0.25, 0.3) is 0 Å². The minimum absolute atomic E-state index is 0.362. The highest BCUT2D eigenvalue weighted by Crippen LogP contribution is 2.29. The first kappa shape index (κ1) is 6.16. The number of ether oxygens (including phenoxy) is 1. The Kier molecular flexibility index (Phi) is 1.38. The fourth-order valence-corrected chi connectivity index (χ4v) is 1.69. The van der Waals surface area contributed by atoms with Crippen molar-refractivity contribution in [3.8, 4) is 0 Å². The van der Waals surface area contributed by atoms with Gasteiger partial charge in [-0.2, -0.15) is 0 Å². The smallest absolute Gasteiger partial charge is 0.127 e. The third kappa shape index (κ3) is 0.736. The van der Waals surface area contributed by atoms with Crippen molar-refractivity contribution >= 4 is 5.71 Å². The van der Waals surface area contributed by atoms with Crippen LogP contribution < -0.4 is 0 Å². The van der Waals surface area contributed by atoms with Gasteiger partial charge in [-0.3, -0.25) is 0 Å². The standard InChI is InChI=1S/C7H11NO2/c1-9-7-3-2-6-5(7)4-10-8-6/h5,7H,2-4H2,1H3. The van der Waals surface area contributed by atoms with Crippen LogP contribution in [0, 0.1) is 5.92 Å². The minimum Gasteiger partial charge on any atom is -0.395 e. The number of rotatable bonds is 1. The second kappa shape index (κ2) is 2.23. The average molecular weight is 141 g/mol. The number of hydrogen-bond donors (Lipinski definition) is 0. The lowest BCUT2D eigenvalue weighted by atomic mass is 10.1. The van der Waals surface area contributed by atoms with E-state index in [1.807, 2.05) is 0 Å². The Hall–Kier alpha value is -0.570. The van der Waals surface area contributed by atoms with Gasteiger partial charge in [-0.1, -0.05) is 5.16 Å². The first-order chi connectivity index (χ1) is 4.92. The van der Waals surface area contributed by atoms with E-state index in [0.29, 0.717) is 12.0 Å². The van der Waals surface area contributed by atoms with E-state index in [9.17, 15) is 0 Å². The fourth-order valence-electron chi connectivity index (χ4n) is 1.69. The summed E-state index contributed by atoms with van der Waals surface area (Å²) >= 11 is 0. The number of hydrogen-bond acceptors (Lipinski definition) is 3. The third-order valence-electron chi connectivity index (χ3n) is 2.30. The van der Waals surface area contributed by atoms with Gasteiger partial charge in [0.05, 0.1) is 17.7 Å². The molecule has 3 nitrogen and oxygen atoms in total. The molecule has 0 bridgehead atoms. The van der Waals surface area contributed by atoms with Crippen LogP contribution in [-0.2, 0) is 9.57 Å². The Morgan fingerprint density at radius 2 is 2.60 bits per heavy atom. The normalized spacial score (nSPS) is 37.1. The van der Waals surface area contributed by atoms with Crippen LogP contribution in [0.5, 0.6) is 0 Å². The van der Waals surface area contributed by atoms with Crippen LogP contribution in [0.15, 0.2) is 5.16 Å². The number of fused-ring (bicyclic) bond motifs is 1. The molecule has 3 heteroatoms. The van der Waals surface area contributed by atoms with Gasteiger partial charge in [0.15, 0.2) is 0 Å². The average Bonchev–Trinajstić information content (AvgIpc) is 2.44. The lowest BCUT2D eigenvalue weighted by Crippen LogP contribution is -2.21. The molecule has 0 spiro atoms.